The van der Waals surface area contributed by atoms with Crippen LogP contribution < -0.4 is 5.73 Å². The van der Waals surface area contributed by atoms with Crippen LogP contribution in [0.25, 0.3) is 0 Å². The van der Waals surface area contributed by atoms with Gasteiger partial charge in [0.1, 0.15) is 0 Å². The normalized spacial score (nSPS) is 13.8. The fourth-order valence-electron chi connectivity index (χ4n) is 1.59. The van der Waals surface area contributed by atoms with Crippen molar-refractivity contribution in [1.29, 1.82) is 0 Å². The summed E-state index contributed by atoms with van der Waals surface area (Å²) in [5.74, 6) is 0. The molecule has 0 aliphatic heterocycles. The predicted octanol–water partition coefficient (Wildman–Crippen LogP) is 3.05. The van der Waals surface area contributed by atoms with E-state index in [0.717, 1.165) is 19.3 Å². The number of pyridine rings is 1. The largest absolute Gasteiger partial charge is 0.328 e. The van der Waals surface area contributed by atoms with E-state index in [1.807, 2.05) is 12.4 Å². The van der Waals surface area contributed by atoms with Gasteiger partial charge in [-0.3, -0.25) is 4.98 Å². The van der Waals surface area contributed by atoms with Gasteiger partial charge in [-0.1, -0.05) is 33.8 Å². The molecule has 2 heteroatoms. The molecule has 1 atom stereocenters. The van der Waals surface area contributed by atoms with Crippen LogP contribution in [0.4, 0.5) is 0 Å². The number of hydrogen-bond donors (Lipinski definition) is 1. The van der Waals surface area contributed by atoms with Crippen LogP contribution in [0.3, 0.4) is 0 Å². The van der Waals surface area contributed by atoms with Crippen LogP contribution >= 0.6 is 0 Å². The molecule has 0 aliphatic rings. The van der Waals surface area contributed by atoms with Crippen molar-refractivity contribution in [3.8, 4) is 0 Å². The van der Waals surface area contributed by atoms with E-state index in [9.17, 15) is 0 Å². The highest BCUT2D eigenvalue weighted by Crippen LogP contribution is 2.22. The van der Waals surface area contributed by atoms with Crippen molar-refractivity contribution >= 4 is 0 Å². The summed E-state index contributed by atoms with van der Waals surface area (Å²) in [7, 11) is 0. The summed E-state index contributed by atoms with van der Waals surface area (Å²) in [5, 5.41) is 0. The molecule has 0 radical (unpaired) electrons. The zero-order chi connectivity index (χ0) is 12.2. The van der Waals surface area contributed by atoms with Gasteiger partial charge in [-0.2, -0.15) is 0 Å². The molecule has 1 rings (SSSR count). The molecule has 90 valence electrons. The molecule has 1 heterocycles. The van der Waals surface area contributed by atoms with Crippen molar-refractivity contribution < 1.29 is 0 Å². The lowest BCUT2D eigenvalue weighted by molar-refractivity contribution is 0.579. The third-order valence-corrected chi connectivity index (χ3v) is 2.99. The Morgan fingerprint density at radius 1 is 1.31 bits per heavy atom. The molecule has 2 N–H and O–H groups in total. The lowest BCUT2D eigenvalue weighted by Gasteiger charge is -2.19. The molecule has 0 aromatic carbocycles. The first-order valence-electron chi connectivity index (χ1n) is 6.13. The lowest BCUT2D eigenvalue weighted by Crippen LogP contribution is -2.19. The third-order valence-electron chi connectivity index (χ3n) is 2.99. The van der Waals surface area contributed by atoms with Gasteiger partial charge in [-0.05, 0) is 35.8 Å². The van der Waals surface area contributed by atoms with Crippen LogP contribution in [0.1, 0.15) is 51.7 Å². The van der Waals surface area contributed by atoms with Crippen LogP contribution in [0.5, 0.6) is 0 Å². The molecule has 0 unspecified atom stereocenters. The van der Waals surface area contributed by atoms with Crippen LogP contribution in [-0.2, 0) is 11.8 Å². The monoisotopic (exact) mass is 220 g/mol. The number of hydrogen-bond acceptors (Lipinski definition) is 2. The molecule has 16 heavy (non-hydrogen) atoms. The summed E-state index contributed by atoms with van der Waals surface area (Å²) in [4.78, 5) is 4.31. The van der Waals surface area contributed by atoms with E-state index in [1.165, 1.54) is 11.1 Å². The highest BCUT2D eigenvalue weighted by Gasteiger charge is 2.14. The molecule has 0 aliphatic carbocycles. The summed E-state index contributed by atoms with van der Waals surface area (Å²) < 4.78 is 0. The zero-order valence-electron chi connectivity index (χ0n) is 11.0. The van der Waals surface area contributed by atoms with E-state index >= 15 is 0 Å². The summed E-state index contributed by atoms with van der Waals surface area (Å²) in [6, 6.07) is 2.58. The van der Waals surface area contributed by atoms with Gasteiger partial charge in [0.25, 0.3) is 0 Å². The van der Waals surface area contributed by atoms with Crippen molar-refractivity contribution in [3.05, 3.63) is 29.6 Å². The number of nitrogens with zero attached hydrogens (tertiary/aromatic N) is 1. The van der Waals surface area contributed by atoms with Crippen LogP contribution in [0.2, 0.25) is 0 Å². The first-order chi connectivity index (χ1) is 7.43. The second-order valence-corrected chi connectivity index (χ2v) is 5.54. The molecule has 0 amide bonds. The third kappa shape index (κ3) is 3.93. The smallest absolute Gasteiger partial charge is 0.0305 e. The number of aromatic nitrogens is 1. The maximum absolute atomic E-state index is 5.92. The minimum Gasteiger partial charge on any atom is -0.328 e. The molecule has 0 spiro atoms. The average Bonchev–Trinajstić information content (AvgIpc) is 2.25. The maximum atomic E-state index is 5.92. The van der Waals surface area contributed by atoms with Crippen molar-refractivity contribution in [2.45, 2.75) is 58.4 Å². The topological polar surface area (TPSA) is 38.9 Å². The quantitative estimate of drug-likeness (QED) is 0.847. The summed E-state index contributed by atoms with van der Waals surface area (Å²) in [6.07, 6.45) is 7.05. The molecular weight excluding hydrogens is 196 g/mol. The lowest BCUT2D eigenvalue weighted by atomic mass is 9.87. The van der Waals surface area contributed by atoms with E-state index in [1.54, 1.807) is 0 Å². The Morgan fingerprint density at radius 3 is 2.56 bits per heavy atom. The summed E-state index contributed by atoms with van der Waals surface area (Å²) in [5.41, 5.74) is 8.70. The molecule has 0 saturated heterocycles. The minimum atomic E-state index is 0.176. The zero-order valence-corrected chi connectivity index (χ0v) is 11.0. The molecular formula is C14H24N2. The Hall–Kier alpha value is -0.890. The first kappa shape index (κ1) is 13.2. The highest BCUT2D eigenvalue weighted by atomic mass is 14.6. The molecule has 0 fully saturated rings. The van der Waals surface area contributed by atoms with Crippen molar-refractivity contribution in [3.63, 3.8) is 0 Å². The molecule has 0 bridgehead atoms. The van der Waals surface area contributed by atoms with Crippen LogP contribution in [0.15, 0.2) is 18.5 Å². The minimum absolute atomic E-state index is 0.176. The van der Waals surface area contributed by atoms with Gasteiger partial charge < -0.3 is 5.73 Å². The van der Waals surface area contributed by atoms with E-state index in [4.69, 9.17) is 5.73 Å². The van der Waals surface area contributed by atoms with Crippen LogP contribution in [0, 0.1) is 0 Å². The summed E-state index contributed by atoms with van der Waals surface area (Å²) in [6.45, 7) is 8.78. The highest BCUT2D eigenvalue weighted by molar-refractivity contribution is 5.24. The average molecular weight is 220 g/mol. The standard InChI is InChI=1S/C14H24N2/c1-5-13(15)7-6-11-8-12(10-16-9-11)14(2,3)4/h8-10,13H,5-7,15H2,1-4H3/t13-/m1/s1. The van der Waals surface area contributed by atoms with Crippen molar-refractivity contribution in [2.75, 3.05) is 0 Å². The molecule has 1 aromatic heterocycles. The Balaban J connectivity index is 2.68. The Labute approximate surface area is 99.3 Å². The van der Waals surface area contributed by atoms with Gasteiger partial charge in [0.2, 0.25) is 0 Å². The fraction of sp³-hybridized carbons (Fsp3) is 0.643. The van der Waals surface area contributed by atoms with Crippen LogP contribution in [-0.4, -0.2) is 11.0 Å². The SMILES string of the molecule is CC[C@@H](N)CCc1cncc(C(C)(C)C)c1. The number of nitrogens with two attached hydrogens (primary N) is 1. The Morgan fingerprint density at radius 2 is 2.00 bits per heavy atom. The number of rotatable bonds is 4. The van der Waals surface area contributed by atoms with Gasteiger partial charge in [-0.25, -0.2) is 0 Å². The maximum Gasteiger partial charge on any atom is 0.0305 e. The predicted molar refractivity (Wildman–Crippen MR) is 69.5 cm³/mol. The van der Waals surface area contributed by atoms with E-state index in [0.29, 0.717) is 6.04 Å². The van der Waals surface area contributed by atoms with E-state index in [2.05, 4.69) is 38.7 Å². The van der Waals surface area contributed by atoms with Gasteiger partial charge in [-0.15, -0.1) is 0 Å². The molecule has 1 aromatic rings. The van der Waals surface area contributed by atoms with Gasteiger partial charge in [0.05, 0.1) is 0 Å². The summed E-state index contributed by atoms with van der Waals surface area (Å²) >= 11 is 0. The number of aryl methyl sites for hydroxylation is 1. The first-order valence-corrected chi connectivity index (χ1v) is 6.13. The second kappa shape index (κ2) is 5.44. The van der Waals surface area contributed by atoms with E-state index in [-0.39, 0.29) is 5.41 Å². The van der Waals surface area contributed by atoms with Gasteiger partial charge in [0.15, 0.2) is 0 Å². The second-order valence-electron chi connectivity index (χ2n) is 5.54. The molecule has 0 saturated carbocycles. The van der Waals surface area contributed by atoms with E-state index < -0.39 is 0 Å². The van der Waals surface area contributed by atoms with Gasteiger partial charge in [0, 0.05) is 18.4 Å². The van der Waals surface area contributed by atoms with Gasteiger partial charge >= 0.3 is 0 Å². The Bertz CT molecular complexity index is 326. The Kier molecular flexibility index (Phi) is 4.48. The van der Waals surface area contributed by atoms with Crippen molar-refractivity contribution in [2.24, 2.45) is 5.73 Å². The fourth-order valence-corrected chi connectivity index (χ4v) is 1.59. The molecule has 2 nitrogen and oxygen atoms in total. The van der Waals surface area contributed by atoms with Crippen molar-refractivity contribution in [1.82, 2.24) is 4.98 Å².